The number of para-hydroxylation sites is 1. The number of ether oxygens (including phenoxy) is 1. The molecule has 0 saturated carbocycles. The maximum Gasteiger partial charge on any atom is 0.257 e. The summed E-state index contributed by atoms with van der Waals surface area (Å²) in [5.74, 6) is 1.68. The predicted octanol–water partition coefficient (Wildman–Crippen LogP) is 5.26. The van der Waals surface area contributed by atoms with E-state index in [0.717, 1.165) is 42.7 Å². The fraction of sp³-hybridized carbons (Fsp3) is 0.480. The zero-order chi connectivity index (χ0) is 22.9. The lowest BCUT2D eigenvalue weighted by Crippen LogP contribution is -2.37. The van der Waals surface area contributed by atoms with Gasteiger partial charge in [0.25, 0.3) is 5.56 Å². The number of Topliss-reactive ketones (excluding diaryl/α,β-unsaturated/α-hetero) is 1. The molecule has 1 unspecified atom stereocenters. The van der Waals surface area contributed by atoms with Gasteiger partial charge in [0.15, 0.2) is 10.9 Å². The van der Waals surface area contributed by atoms with E-state index in [4.69, 9.17) is 9.72 Å². The molecule has 2 N–H and O–H groups in total. The third kappa shape index (κ3) is 4.35. The first-order valence-corrected chi connectivity index (χ1v) is 12.3. The Morgan fingerprint density at radius 3 is 2.72 bits per heavy atom. The number of fused-ring (bicyclic) bond motifs is 1. The lowest BCUT2D eigenvalue weighted by Gasteiger charge is -2.38. The minimum atomic E-state index is -0.503. The average Bonchev–Trinajstić information content (AvgIpc) is 2.74. The van der Waals surface area contributed by atoms with Crippen molar-refractivity contribution >= 4 is 23.4 Å². The number of unbranched alkanes of at least 4 members (excludes halogenated alkanes) is 2. The summed E-state index contributed by atoms with van der Waals surface area (Å²) >= 11 is 1.57. The van der Waals surface area contributed by atoms with Crippen LogP contribution in [0.25, 0.3) is 0 Å². The number of thioether (sulfide) groups is 1. The average molecular weight is 454 g/mol. The van der Waals surface area contributed by atoms with Gasteiger partial charge in [-0.15, -0.1) is 0 Å². The number of aromatic nitrogens is 2. The second kappa shape index (κ2) is 9.14. The van der Waals surface area contributed by atoms with E-state index in [1.165, 1.54) is 0 Å². The maximum absolute atomic E-state index is 13.3. The van der Waals surface area contributed by atoms with Crippen LogP contribution in [0.2, 0.25) is 0 Å². The summed E-state index contributed by atoms with van der Waals surface area (Å²) in [5, 5.41) is 3.99. The number of carbonyl (C=O) groups excluding carboxylic acids is 1. The molecule has 0 fully saturated rings. The van der Waals surface area contributed by atoms with Gasteiger partial charge in [0.05, 0.1) is 18.6 Å². The summed E-state index contributed by atoms with van der Waals surface area (Å²) in [4.78, 5) is 34.4. The van der Waals surface area contributed by atoms with Crippen LogP contribution in [0.3, 0.4) is 0 Å². The summed E-state index contributed by atoms with van der Waals surface area (Å²) in [6.07, 6.45) is 4.57. The van der Waals surface area contributed by atoms with Crippen molar-refractivity contribution < 1.29 is 9.53 Å². The number of hydrogen-bond donors (Lipinski definition) is 2. The van der Waals surface area contributed by atoms with Crippen molar-refractivity contribution in [2.45, 2.75) is 63.9 Å². The van der Waals surface area contributed by atoms with Crippen molar-refractivity contribution in [1.82, 2.24) is 9.97 Å². The highest BCUT2D eigenvalue weighted by Gasteiger charge is 2.43. The third-order valence-corrected chi connectivity index (χ3v) is 7.10. The largest absolute Gasteiger partial charge is 0.496 e. The van der Waals surface area contributed by atoms with Crippen LogP contribution in [0, 0.1) is 5.41 Å². The van der Waals surface area contributed by atoms with Crippen LogP contribution in [-0.2, 0) is 4.79 Å². The van der Waals surface area contributed by atoms with Crippen LogP contribution in [0.1, 0.15) is 69.9 Å². The van der Waals surface area contributed by atoms with E-state index in [2.05, 4.69) is 31.1 Å². The summed E-state index contributed by atoms with van der Waals surface area (Å²) in [6, 6.07) is 7.61. The van der Waals surface area contributed by atoms with Gasteiger partial charge in [0.2, 0.25) is 0 Å². The number of carbonyl (C=O) groups is 1. The minimum Gasteiger partial charge on any atom is -0.496 e. The number of anilines is 1. The molecule has 6 nitrogen and oxygen atoms in total. The Morgan fingerprint density at radius 2 is 1.97 bits per heavy atom. The predicted molar refractivity (Wildman–Crippen MR) is 129 cm³/mol. The van der Waals surface area contributed by atoms with Crippen molar-refractivity contribution in [3.63, 3.8) is 0 Å². The number of nitrogens with one attached hydrogen (secondary N) is 2. The van der Waals surface area contributed by atoms with Crippen LogP contribution in [0.5, 0.6) is 5.75 Å². The van der Waals surface area contributed by atoms with Gasteiger partial charge in [-0.2, -0.15) is 0 Å². The molecule has 170 valence electrons. The van der Waals surface area contributed by atoms with Gasteiger partial charge in [-0.3, -0.25) is 9.59 Å². The number of methoxy groups -OCH3 is 1. The topological polar surface area (TPSA) is 84.1 Å². The van der Waals surface area contributed by atoms with Crippen LogP contribution >= 0.6 is 11.8 Å². The van der Waals surface area contributed by atoms with E-state index in [-0.39, 0.29) is 16.8 Å². The standard InChI is InChI=1S/C25H31N3O3S/c1-5-6-9-12-32-24-27-22-21(23(30)28-24)19(15-10-7-8-11-18(15)31-4)20-16(26-22)13-25(2,3)14-17(20)29/h7-8,10-11,19H,5-6,9,12-14H2,1-4H3,(H2,26,27,28,30). The van der Waals surface area contributed by atoms with Crippen LogP contribution in [-0.4, -0.2) is 28.6 Å². The van der Waals surface area contributed by atoms with Crippen LogP contribution in [0.4, 0.5) is 5.82 Å². The molecule has 0 bridgehead atoms. The Morgan fingerprint density at radius 1 is 1.19 bits per heavy atom. The van der Waals surface area contributed by atoms with E-state index >= 15 is 0 Å². The normalized spacial score (nSPS) is 19.2. The molecule has 7 heteroatoms. The van der Waals surface area contributed by atoms with E-state index in [0.29, 0.717) is 34.3 Å². The number of aromatic amines is 1. The molecule has 4 rings (SSSR count). The lowest BCUT2D eigenvalue weighted by atomic mass is 9.69. The van der Waals surface area contributed by atoms with Gasteiger partial charge in [-0.25, -0.2) is 4.98 Å². The molecule has 0 radical (unpaired) electrons. The molecule has 1 aromatic heterocycles. The molecule has 2 aliphatic rings. The summed E-state index contributed by atoms with van der Waals surface area (Å²) in [6.45, 7) is 6.37. The van der Waals surface area contributed by atoms with Gasteiger partial charge in [-0.1, -0.05) is 63.6 Å². The summed E-state index contributed by atoms with van der Waals surface area (Å²) < 4.78 is 5.62. The molecular weight excluding hydrogens is 422 g/mol. The Labute approximate surface area is 193 Å². The van der Waals surface area contributed by atoms with Gasteiger partial charge < -0.3 is 15.0 Å². The van der Waals surface area contributed by atoms with E-state index < -0.39 is 5.92 Å². The number of H-pyrrole nitrogens is 1. The molecular formula is C25H31N3O3S. The monoisotopic (exact) mass is 453 g/mol. The second-order valence-corrected chi connectivity index (χ2v) is 10.4. The minimum absolute atomic E-state index is 0.0720. The van der Waals surface area contributed by atoms with E-state index in [1.807, 2.05) is 24.3 Å². The molecule has 1 aromatic carbocycles. The van der Waals surface area contributed by atoms with Crippen molar-refractivity contribution in [3.8, 4) is 5.75 Å². The fourth-order valence-electron chi connectivity index (χ4n) is 4.70. The fourth-order valence-corrected chi connectivity index (χ4v) is 5.56. The van der Waals surface area contributed by atoms with Gasteiger partial charge in [0.1, 0.15) is 11.6 Å². The summed E-state index contributed by atoms with van der Waals surface area (Å²) in [5.41, 5.74) is 2.48. The van der Waals surface area contributed by atoms with Crippen molar-refractivity contribution in [1.29, 1.82) is 0 Å². The number of rotatable bonds is 7. The van der Waals surface area contributed by atoms with Gasteiger partial charge in [0, 0.05) is 29.0 Å². The van der Waals surface area contributed by atoms with Crippen LogP contribution < -0.4 is 15.6 Å². The lowest BCUT2D eigenvalue weighted by molar-refractivity contribution is -0.118. The van der Waals surface area contributed by atoms with Gasteiger partial charge >= 0.3 is 0 Å². The van der Waals surface area contributed by atoms with Crippen molar-refractivity contribution in [3.05, 3.63) is 57.0 Å². The smallest absolute Gasteiger partial charge is 0.257 e. The summed E-state index contributed by atoms with van der Waals surface area (Å²) in [7, 11) is 1.61. The first-order chi connectivity index (χ1) is 15.3. The Balaban J connectivity index is 1.84. The SMILES string of the molecule is CCCCCSc1nc2c(c(=O)[nH]1)C(c1ccccc1OC)C1=C(CC(C)(C)CC1=O)N2. The highest BCUT2D eigenvalue weighted by molar-refractivity contribution is 7.99. The number of allylic oxidation sites excluding steroid dienone is 2. The molecule has 32 heavy (non-hydrogen) atoms. The zero-order valence-electron chi connectivity index (χ0n) is 19.2. The Bertz CT molecular complexity index is 1120. The van der Waals surface area contributed by atoms with E-state index in [9.17, 15) is 9.59 Å². The first-order valence-electron chi connectivity index (χ1n) is 11.3. The van der Waals surface area contributed by atoms with Crippen LogP contribution in [0.15, 0.2) is 45.5 Å². The maximum atomic E-state index is 13.3. The molecule has 0 spiro atoms. The molecule has 1 atom stereocenters. The number of ketones is 1. The number of hydrogen-bond acceptors (Lipinski definition) is 6. The van der Waals surface area contributed by atoms with Gasteiger partial charge in [-0.05, 0) is 24.3 Å². The zero-order valence-corrected chi connectivity index (χ0v) is 20.0. The van der Waals surface area contributed by atoms with E-state index in [1.54, 1.807) is 18.9 Å². The highest BCUT2D eigenvalue weighted by atomic mass is 32.2. The molecule has 0 saturated heterocycles. The molecule has 1 aliphatic carbocycles. The van der Waals surface area contributed by atoms with Crippen molar-refractivity contribution in [2.24, 2.45) is 5.41 Å². The Kier molecular flexibility index (Phi) is 6.47. The number of nitrogens with zero attached hydrogens (tertiary/aromatic N) is 1. The molecule has 0 amide bonds. The molecule has 2 aromatic rings. The number of benzene rings is 1. The second-order valence-electron chi connectivity index (χ2n) is 9.32. The first kappa shape index (κ1) is 22.6. The van der Waals surface area contributed by atoms with Crippen molar-refractivity contribution in [2.75, 3.05) is 18.2 Å². The third-order valence-electron chi connectivity index (χ3n) is 6.14. The molecule has 2 heterocycles. The Hall–Kier alpha value is -2.54. The quantitative estimate of drug-likeness (QED) is 0.338. The highest BCUT2D eigenvalue weighted by Crippen LogP contribution is 2.49. The molecule has 1 aliphatic heterocycles.